The number of nitrogens with one attached hydrogen (secondary N) is 1. The summed E-state index contributed by atoms with van der Waals surface area (Å²) in [6, 6.07) is 19.6. The first-order valence-corrected chi connectivity index (χ1v) is 12.6. The minimum atomic E-state index is -0.578. The Balaban J connectivity index is 1.65. The highest BCUT2D eigenvalue weighted by atomic mass is 16.6. The highest BCUT2D eigenvalue weighted by molar-refractivity contribution is 5.98. The van der Waals surface area contributed by atoms with Gasteiger partial charge in [-0.25, -0.2) is 4.79 Å². The molecule has 0 spiro atoms. The first-order chi connectivity index (χ1) is 17.6. The molecule has 0 unspecified atom stereocenters. The summed E-state index contributed by atoms with van der Waals surface area (Å²) in [5.74, 6) is -0.0774. The van der Waals surface area contributed by atoms with E-state index in [2.05, 4.69) is 35.7 Å². The summed E-state index contributed by atoms with van der Waals surface area (Å²) in [6.45, 7) is 8.59. The molecular formula is C30H34N4O3. The fourth-order valence-electron chi connectivity index (χ4n) is 4.73. The van der Waals surface area contributed by atoms with Crippen molar-refractivity contribution in [3.63, 3.8) is 0 Å². The fraction of sp³-hybridized carbons (Fsp3) is 0.367. The van der Waals surface area contributed by atoms with Crippen molar-refractivity contribution in [1.82, 2.24) is 14.8 Å². The molecule has 0 bridgehead atoms. The number of alkyl carbamates (subject to hydrolysis) is 1. The molecule has 7 nitrogen and oxygen atoms in total. The van der Waals surface area contributed by atoms with Crippen LogP contribution in [0.15, 0.2) is 54.6 Å². The van der Waals surface area contributed by atoms with Crippen LogP contribution in [0, 0.1) is 18.3 Å². The first kappa shape index (κ1) is 26.0. The normalized spacial score (nSPS) is 15.7. The minimum absolute atomic E-state index is 0.0774. The molecule has 2 heterocycles. The molecule has 192 valence electrons. The van der Waals surface area contributed by atoms with E-state index in [0.717, 1.165) is 40.8 Å². The number of carbonyl (C=O) groups excluding carboxylic acids is 2. The van der Waals surface area contributed by atoms with Gasteiger partial charge in [0.1, 0.15) is 11.3 Å². The topological polar surface area (TPSA) is 87.4 Å². The van der Waals surface area contributed by atoms with Crippen LogP contribution in [0.25, 0.3) is 22.4 Å². The van der Waals surface area contributed by atoms with E-state index < -0.39 is 11.7 Å². The average Bonchev–Trinajstić information content (AvgIpc) is 3.20. The lowest BCUT2D eigenvalue weighted by atomic mass is 9.99. The summed E-state index contributed by atoms with van der Waals surface area (Å²) in [5, 5.41) is 12.1. The lowest BCUT2D eigenvalue weighted by Gasteiger charge is -2.33. The predicted octanol–water partition coefficient (Wildman–Crippen LogP) is 5.67. The van der Waals surface area contributed by atoms with Crippen LogP contribution in [-0.2, 0) is 11.8 Å². The molecule has 1 saturated heterocycles. The van der Waals surface area contributed by atoms with E-state index in [1.807, 2.05) is 62.4 Å². The molecule has 0 saturated carbocycles. The number of aryl methyl sites for hydroxylation is 1. The van der Waals surface area contributed by atoms with Crippen LogP contribution in [0.1, 0.15) is 55.2 Å². The number of benzene rings is 2. The Hall–Kier alpha value is -4.05. The molecule has 2 amide bonds. The molecule has 0 radical (unpaired) electrons. The monoisotopic (exact) mass is 498 g/mol. The third-order valence-corrected chi connectivity index (χ3v) is 6.53. The van der Waals surface area contributed by atoms with Gasteiger partial charge in [-0.2, -0.15) is 5.26 Å². The third-order valence-electron chi connectivity index (χ3n) is 6.53. The van der Waals surface area contributed by atoms with Crippen molar-refractivity contribution >= 4 is 12.0 Å². The number of nitriles is 1. The number of carbonyl (C=O) groups is 2. The van der Waals surface area contributed by atoms with Crippen LogP contribution in [-0.4, -0.2) is 46.2 Å². The largest absolute Gasteiger partial charge is 0.444 e. The second kappa shape index (κ2) is 10.5. The van der Waals surface area contributed by atoms with Gasteiger partial charge in [-0.1, -0.05) is 42.0 Å². The van der Waals surface area contributed by atoms with Crippen LogP contribution in [0.2, 0.25) is 0 Å². The van der Waals surface area contributed by atoms with E-state index in [4.69, 9.17) is 4.74 Å². The number of aromatic nitrogens is 1. The Morgan fingerprint density at radius 3 is 2.32 bits per heavy atom. The van der Waals surface area contributed by atoms with Crippen LogP contribution < -0.4 is 5.32 Å². The van der Waals surface area contributed by atoms with Crippen LogP contribution in [0.3, 0.4) is 0 Å². The lowest BCUT2D eigenvalue weighted by molar-refractivity contribution is 0.0450. The number of nitrogens with zero attached hydrogens (tertiary/aromatic N) is 3. The second-order valence-electron chi connectivity index (χ2n) is 10.6. The Kier molecular flexibility index (Phi) is 7.40. The van der Waals surface area contributed by atoms with Gasteiger partial charge in [0.15, 0.2) is 0 Å². The minimum Gasteiger partial charge on any atom is -0.444 e. The van der Waals surface area contributed by atoms with E-state index in [1.54, 1.807) is 12.1 Å². The zero-order valence-corrected chi connectivity index (χ0v) is 22.2. The second-order valence-corrected chi connectivity index (χ2v) is 10.6. The SMILES string of the molecule is Cc1ccc(-c2c(-c3ccc(C#N)cc3)cc(C(=O)N3CCC[C@@H](NC(=O)OC(C)(C)C)C3)n2C)cc1. The maximum atomic E-state index is 13.8. The van der Waals surface area contributed by atoms with Gasteiger partial charge in [-0.3, -0.25) is 4.79 Å². The van der Waals surface area contributed by atoms with E-state index in [9.17, 15) is 14.9 Å². The third kappa shape index (κ3) is 6.03. The van der Waals surface area contributed by atoms with Gasteiger partial charge in [0, 0.05) is 31.7 Å². The van der Waals surface area contributed by atoms with Crippen LogP contribution in [0.5, 0.6) is 0 Å². The quantitative estimate of drug-likeness (QED) is 0.502. The molecule has 1 aliphatic heterocycles. The molecule has 3 aromatic rings. The lowest BCUT2D eigenvalue weighted by Crippen LogP contribution is -2.50. The van der Waals surface area contributed by atoms with E-state index in [-0.39, 0.29) is 11.9 Å². The van der Waals surface area contributed by atoms with Gasteiger partial charge in [-0.05, 0) is 69.9 Å². The van der Waals surface area contributed by atoms with Gasteiger partial charge in [0.2, 0.25) is 0 Å². The molecule has 7 heteroatoms. The Morgan fingerprint density at radius 2 is 1.70 bits per heavy atom. The zero-order valence-electron chi connectivity index (χ0n) is 22.2. The molecule has 37 heavy (non-hydrogen) atoms. The number of amides is 2. The van der Waals surface area contributed by atoms with Gasteiger partial charge in [0.05, 0.1) is 17.3 Å². The highest BCUT2D eigenvalue weighted by Crippen LogP contribution is 2.35. The Morgan fingerprint density at radius 1 is 1.05 bits per heavy atom. The summed E-state index contributed by atoms with van der Waals surface area (Å²) in [4.78, 5) is 27.9. The van der Waals surface area contributed by atoms with Gasteiger partial charge < -0.3 is 19.5 Å². The van der Waals surface area contributed by atoms with Crippen molar-refractivity contribution in [2.24, 2.45) is 7.05 Å². The fourth-order valence-corrected chi connectivity index (χ4v) is 4.73. The molecule has 1 aliphatic rings. The summed E-state index contributed by atoms with van der Waals surface area (Å²) in [6.07, 6.45) is 1.13. The number of rotatable bonds is 4. The standard InChI is InChI=1S/C30H34N4O3/c1-20-8-12-23(13-9-20)27-25(22-14-10-21(18-31)11-15-22)17-26(33(27)5)28(35)34-16-6-7-24(19-34)32-29(36)37-30(2,3)4/h8-15,17,24H,6-7,16,19H2,1-5H3,(H,32,36)/t24-/m1/s1. The van der Waals surface area contributed by atoms with E-state index >= 15 is 0 Å². The molecule has 1 N–H and O–H groups in total. The number of piperidine rings is 1. The first-order valence-electron chi connectivity index (χ1n) is 12.6. The number of ether oxygens (including phenoxy) is 1. The maximum Gasteiger partial charge on any atom is 0.407 e. The summed E-state index contributed by atoms with van der Waals surface area (Å²) < 4.78 is 7.35. The predicted molar refractivity (Wildman–Crippen MR) is 144 cm³/mol. The van der Waals surface area contributed by atoms with Gasteiger partial charge in [-0.15, -0.1) is 0 Å². The van der Waals surface area contributed by atoms with Gasteiger partial charge in [0.25, 0.3) is 5.91 Å². The Bertz CT molecular complexity index is 1330. The number of likely N-dealkylation sites (tertiary alicyclic amines) is 1. The van der Waals surface area contributed by atoms with Crippen LogP contribution >= 0.6 is 0 Å². The summed E-state index contributed by atoms with van der Waals surface area (Å²) in [5.41, 5.74) is 5.56. The molecule has 1 atom stereocenters. The number of hydrogen-bond donors (Lipinski definition) is 1. The van der Waals surface area contributed by atoms with E-state index in [0.29, 0.717) is 24.3 Å². The summed E-state index contributed by atoms with van der Waals surface area (Å²) in [7, 11) is 1.91. The van der Waals surface area contributed by atoms with Crippen molar-refractivity contribution in [2.75, 3.05) is 13.1 Å². The molecule has 4 rings (SSSR count). The molecular weight excluding hydrogens is 464 g/mol. The molecule has 2 aromatic carbocycles. The maximum absolute atomic E-state index is 13.8. The van der Waals surface area contributed by atoms with Crippen molar-refractivity contribution < 1.29 is 14.3 Å². The van der Waals surface area contributed by atoms with E-state index in [1.165, 1.54) is 0 Å². The summed E-state index contributed by atoms with van der Waals surface area (Å²) >= 11 is 0. The highest BCUT2D eigenvalue weighted by Gasteiger charge is 2.30. The molecule has 0 aliphatic carbocycles. The smallest absolute Gasteiger partial charge is 0.407 e. The van der Waals surface area contributed by atoms with Gasteiger partial charge >= 0.3 is 6.09 Å². The van der Waals surface area contributed by atoms with Crippen molar-refractivity contribution in [1.29, 1.82) is 5.26 Å². The molecule has 1 fully saturated rings. The Labute approximate surface area is 218 Å². The van der Waals surface area contributed by atoms with Crippen molar-refractivity contribution in [3.05, 3.63) is 71.4 Å². The van der Waals surface area contributed by atoms with Crippen molar-refractivity contribution in [2.45, 2.75) is 52.2 Å². The van der Waals surface area contributed by atoms with Crippen LogP contribution in [0.4, 0.5) is 4.79 Å². The molecule has 1 aromatic heterocycles. The average molecular weight is 499 g/mol. The number of hydrogen-bond acceptors (Lipinski definition) is 4. The zero-order chi connectivity index (χ0) is 26.7. The van der Waals surface area contributed by atoms with Crippen molar-refractivity contribution in [3.8, 4) is 28.5 Å².